The van der Waals surface area contributed by atoms with Gasteiger partial charge in [0.15, 0.2) is 5.82 Å². The molecule has 0 saturated carbocycles. The molecule has 4 heterocycles. The molecule has 0 unspecified atom stereocenters. The van der Waals surface area contributed by atoms with E-state index in [-0.39, 0.29) is 17.9 Å². The number of nitrogens with zero attached hydrogens (tertiary/aromatic N) is 5. The molecule has 2 aromatic rings. The van der Waals surface area contributed by atoms with Gasteiger partial charge in [-0.05, 0) is 38.3 Å². The van der Waals surface area contributed by atoms with Crippen LogP contribution in [0.1, 0.15) is 57.5 Å². The molecule has 0 N–H and O–H groups in total. The monoisotopic (exact) mass is 395 g/mol. The van der Waals surface area contributed by atoms with Crippen molar-refractivity contribution in [3.63, 3.8) is 0 Å². The number of piperidine rings is 1. The van der Waals surface area contributed by atoms with E-state index >= 15 is 0 Å². The van der Waals surface area contributed by atoms with Gasteiger partial charge >= 0.3 is 0 Å². The highest BCUT2D eigenvalue weighted by Gasteiger charge is 2.31. The Labute approximate surface area is 169 Å². The van der Waals surface area contributed by atoms with Crippen LogP contribution in [-0.4, -0.2) is 69.4 Å². The van der Waals surface area contributed by atoms with Crippen molar-refractivity contribution >= 4 is 11.8 Å². The summed E-state index contributed by atoms with van der Waals surface area (Å²) in [4.78, 5) is 42.6. The van der Waals surface area contributed by atoms with Crippen LogP contribution in [0.5, 0.6) is 0 Å². The van der Waals surface area contributed by atoms with E-state index in [1.807, 2.05) is 11.8 Å². The van der Waals surface area contributed by atoms with Crippen molar-refractivity contribution in [3.05, 3.63) is 53.4 Å². The Hall–Kier alpha value is -2.87. The summed E-state index contributed by atoms with van der Waals surface area (Å²) in [5, 5.41) is 0. The minimum atomic E-state index is -0.192. The number of hydrogen-bond donors (Lipinski definition) is 0. The quantitative estimate of drug-likeness (QED) is 0.790. The van der Waals surface area contributed by atoms with Gasteiger partial charge in [0, 0.05) is 38.2 Å². The Bertz CT molecular complexity index is 883. The molecular weight excluding hydrogens is 370 g/mol. The molecule has 1 atom stereocenters. The van der Waals surface area contributed by atoms with Crippen LogP contribution < -0.4 is 0 Å². The van der Waals surface area contributed by atoms with Crippen LogP contribution in [0.25, 0.3) is 0 Å². The van der Waals surface area contributed by atoms with Gasteiger partial charge in [-0.1, -0.05) is 0 Å². The third-order valence-electron chi connectivity index (χ3n) is 5.50. The minimum Gasteiger partial charge on any atom is -0.378 e. The number of hydrogen-bond acceptors (Lipinski definition) is 6. The molecule has 8 heteroatoms. The zero-order valence-electron chi connectivity index (χ0n) is 16.6. The molecule has 29 heavy (non-hydrogen) atoms. The van der Waals surface area contributed by atoms with Crippen LogP contribution in [0.3, 0.4) is 0 Å². The molecule has 0 aromatic carbocycles. The molecule has 0 spiro atoms. The average Bonchev–Trinajstić information content (AvgIpc) is 2.79. The Balaban J connectivity index is 1.57. The third kappa shape index (κ3) is 4.12. The lowest BCUT2D eigenvalue weighted by Gasteiger charge is -2.35. The van der Waals surface area contributed by atoms with Crippen LogP contribution in [0.2, 0.25) is 0 Å². The van der Waals surface area contributed by atoms with E-state index in [1.54, 1.807) is 35.6 Å². The number of aryl methyl sites for hydroxylation is 1. The van der Waals surface area contributed by atoms with E-state index in [0.717, 1.165) is 19.3 Å². The fourth-order valence-corrected chi connectivity index (χ4v) is 3.89. The van der Waals surface area contributed by atoms with E-state index in [2.05, 4.69) is 15.0 Å². The lowest BCUT2D eigenvalue weighted by Crippen LogP contribution is -2.41. The first kappa shape index (κ1) is 19.4. The van der Waals surface area contributed by atoms with Crippen molar-refractivity contribution in [2.45, 2.75) is 32.2 Å². The fourth-order valence-electron chi connectivity index (χ4n) is 3.89. The van der Waals surface area contributed by atoms with E-state index in [9.17, 15) is 9.59 Å². The summed E-state index contributed by atoms with van der Waals surface area (Å²) in [5.74, 6) is 0.472. The molecule has 0 bridgehead atoms. The smallest absolute Gasteiger partial charge is 0.257 e. The Morgan fingerprint density at radius 3 is 2.66 bits per heavy atom. The molecule has 2 amide bonds. The van der Waals surface area contributed by atoms with Gasteiger partial charge in [0.2, 0.25) is 0 Å². The molecule has 4 rings (SSSR count). The number of likely N-dealkylation sites (tertiary alicyclic amines) is 1. The second kappa shape index (κ2) is 8.65. The zero-order chi connectivity index (χ0) is 20.2. The highest BCUT2D eigenvalue weighted by atomic mass is 16.5. The van der Waals surface area contributed by atoms with Gasteiger partial charge in [0.25, 0.3) is 11.8 Å². The predicted molar refractivity (Wildman–Crippen MR) is 105 cm³/mol. The molecule has 152 valence electrons. The summed E-state index contributed by atoms with van der Waals surface area (Å²) in [6.07, 6.45) is 7.62. The summed E-state index contributed by atoms with van der Waals surface area (Å²) in [6, 6.07) is 3.35. The van der Waals surface area contributed by atoms with E-state index in [1.165, 1.54) is 0 Å². The predicted octanol–water partition coefficient (Wildman–Crippen LogP) is 2.02. The molecule has 2 aromatic heterocycles. The molecule has 2 aliphatic heterocycles. The summed E-state index contributed by atoms with van der Waals surface area (Å²) in [5.41, 5.74) is 1.72. The lowest BCUT2D eigenvalue weighted by molar-refractivity contribution is 0.0301. The number of rotatable bonds is 3. The standard InChI is InChI=1S/C21H25N5O3/c1-15-17(21(28)25-9-11-29-12-10-25)14-23-19(24-15)18-6-2-3-8-26(18)20(27)16-5-4-7-22-13-16/h4-5,7,13-14,18H,2-3,6,8-12H2,1H3/t18-/m1/s1. The minimum absolute atomic E-state index is 0.0578. The van der Waals surface area contributed by atoms with Crippen molar-refractivity contribution in [2.75, 3.05) is 32.8 Å². The second-order valence-electron chi connectivity index (χ2n) is 7.38. The van der Waals surface area contributed by atoms with Crippen LogP contribution in [-0.2, 0) is 4.74 Å². The van der Waals surface area contributed by atoms with Crippen molar-refractivity contribution in [1.29, 1.82) is 0 Å². The van der Waals surface area contributed by atoms with E-state index in [4.69, 9.17) is 4.74 Å². The average molecular weight is 395 g/mol. The van der Waals surface area contributed by atoms with Crippen LogP contribution in [0, 0.1) is 6.92 Å². The van der Waals surface area contributed by atoms with Crippen LogP contribution in [0.15, 0.2) is 30.7 Å². The molecular formula is C21H25N5O3. The number of aromatic nitrogens is 3. The zero-order valence-corrected chi connectivity index (χ0v) is 16.6. The molecule has 0 aliphatic carbocycles. The van der Waals surface area contributed by atoms with Crippen molar-refractivity contribution in [2.24, 2.45) is 0 Å². The molecule has 0 radical (unpaired) electrons. The Kier molecular flexibility index (Phi) is 5.80. The van der Waals surface area contributed by atoms with Gasteiger partial charge in [0.1, 0.15) is 0 Å². The third-order valence-corrected chi connectivity index (χ3v) is 5.50. The maximum absolute atomic E-state index is 13.0. The Morgan fingerprint density at radius 2 is 1.93 bits per heavy atom. The molecule has 8 nitrogen and oxygen atoms in total. The van der Waals surface area contributed by atoms with Crippen LogP contribution in [0.4, 0.5) is 0 Å². The van der Waals surface area contributed by atoms with Crippen molar-refractivity contribution in [3.8, 4) is 0 Å². The number of amides is 2. The van der Waals surface area contributed by atoms with Gasteiger partial charge in [-0.2, -0.15) is 0 Å². The van der Waals surface area contributed by atoms with Gasteiger partial charge in [-0.25, -0.2) is 9.97 Å². The topological polar surface area (TPSA) is 88.5 Å². The molecule has 2 fully saturated rings. The summed E-state index contributed by atoms with van der Waals surface area (Å²) in [7, 11) is 0. The van der Waals surface area contributed by atoms with Crippen molar-refractivity contribution < 1.29 is 14.3 Å². The van der Waals surface area contributed by atoms with E-state index in [0.29, 0.717) is 55.5 Å². The summed E-state index contributed by atoms with van der Waals surface area (Å²) < 4.78 is 5.32. The fraction of sp³-hybridized carbons (Fsp3) is 0.476. The van der Waals surface area contributed by atoms with Gasteiger partial charge < -0.3 is 14.5 Å². The summed E-state index contributed by atoms with van der Waals surface area (Å²) in [6.45, 7) is 4.75. The summed E-state index contributed by atoms with van der Waals surface area (Å²) >= 11 is 0. The van der Waals surface area contributed by atoms with Gasteiger partial charge in [-0.15, -0.1) is 0 Å². The number of carbonyl (C=O) groups excluding carboxylic acids is 2. The maximum atomic E-state index is 13.0. The van der Waals surface area contributed by atoms with Crippen molar-refractivity contribution in [1.82, 2.24) is 24.8 Å². The normalized spacial score (nSPS) is 19.8. The first-order valence-corrected chi connectivity index (χ1v) is 10.1. The van der Waals surface area contributed by atoms with Gasteiger partial charge in [0.05, 0.1) is 36.1 Å². The lowest BCUT2D eigenvalue weighted by atomic mass is 10.00. The van der Waals surface area contributed by atoms with E-state index < -0.39 is 0 Å². The van der Waals surface area contributed by atoms with Crippen LogP contribution >= 0.6 is 0 Å². The highest BCUT2D eigenvalue weighted by molar-refractivity contribution is 5.95. The highest BCUT2D eigenvalue weighted by Crippen LogP contribution is 2.30. The maximum Gasteiger partial charge on any atom is 0.257 e. The molecule has 2 aliphatic rings. The molecule has 2 saturated heterocycles. The number of pyridine rings is 1. The first-order valence-electron chi connectivity index (χ1n) is 10.1. The second-order valence-corrected chi connectivity index (χ2v) is 7.38. The number of ether oxygens (including phenoxy) is 1. The number of morpholine rings is 1. The largest absolute Gasteiger partial charge is 0.378 e. The SMILES string of the molecule is Cc1nc([C@H]2CCCCN2C(=O)c2cccnc2)ncc1C(=O)N1CCOCC1. The first-order chi connectivity index (χ1) is 14.1. The number of carbonyl (C=O) groups is 2. The van der Waals surface area contributed by atoms with Gasteiger partial charge in [-0.3, -0.25) is 14.6 Å². The Morgan fingerprint density at radius 1 is 1.10 bits per heavy atom.